The van der Waals surface area contributed by atoms with E-state index in [2.05, 4.69) is 4.99 Å². The molecule has 37 heavy (non-hydrogen) atoms. The summed E-state index contributed by atoms with van der Waals surface area (Å²) >= 11 is 18.6. The van der Waals surface area contributed by atoms with E-state index < -0.39 is 30.1 Å². The van der Waals surface area contributed by atoms with E-state index in [1.54, 1.807) is 44.2 Å². The van der Waals surface area contributed by atoms with Crippen LogP contribution in [-0.4, -0.2) is 40.9 Å². The van der Waals surface area contributed by atoms with E-state index in [4.69, 9.17) is 44.3 Å². The van der Waals surface area contributed by atoms with Gasteiger partial charge in [-0.05, 0) is 55.8 Å². The van der Waals surface area contributed by atoms with Gasteiger partial charge < -0.3 is 14.6 Å². The normalized spacial score (nSPS) is 12.9. The number of benzene rings is 3. The zero-order valence-electron chi connectivity index (χ0n) is 19.8. The van der Waals surface area contributed by atoms with Gasteiger partial charge in [0.2, 0.25) is 6.04 Å². The van der Waals surface area contributed by atoms with Crippen molar-refractivity contribution in [2.24, 2.45) is 4.99 Å². The average molecular weight is 563 g/mol. The largest absolute Gasteiger partial charge is 0.479 e. The van der Waals surface area contributed by atoms with E-state index in [1.165, 1.54) is 36.4 Å². The molecule has 192 valence electrons. The van der Waals surface area contributed by atoms with Crippen molar-refractivity contribution in [2.45, 2.75) is 32.4 Å². The van der Waals surface area contributed by atoms with E-state index in [1.807, 2.05) is 0 Å². The molecule has 0 aliphatic rings. The highest BCUT2D eigenvalue weighted by molar-refractivity contribution is 6.42. The number of halogens is 3. The smallest absolute Gasteiger partial charge is 0.343 e. The fraction of sp³-hybridized carbons (Fsp3) is 0.185. The van der Waals surface area contributed by atoms with E-state index in [-0.39, 0.29) is 37.7 Å². The molecule has 1 N–H and O–H groups in total. The van der Waals surface area contributed by atoms with Crippen molar-refractivity contribution in [3.63, 3.8) is 0 Å². The lowest BCUT2D eigenvalue weighted by atomic mass is 10.0. The third-order valence-corrected chi connectivity index (χ3v) is 6.18. The van der Waals surface area contributed by atoms with E-state index in [0.29, 0.717) is 12.0 Å². The fourth-order valence-electron chi connectivity index (χ4n) is 3.14. The van der Waals surface area contributed by atoms with Crippen LogP contribution in [0.4, 0.5) is 0 Å². The molecule has 0 aromatic heterocycles. The molecule has 3 aromatic rings. The molecule has 0 aliphatic carbocycles. The number of hydrogen-bond acceptors (Lipinski definition) is 6. The molecule has 2 unspecified atom stereocenters. The van der Waals surface area contributed by atoms with Crippen molar-refractivity contribution in [3.8, 4) is 5.75 Å². The highest BCUT2D eigenvalue weighted by Crippen LogP contribution is 2.30. The molecule has 0 spiro atoms. The van der Waals surface area contributed by atoms with Crippen molar-refractivity contribution < 1.29 is 29.0 Å². The minimum atomic E-state index is -1.92. The summed E-state index contributed by atoms with van der Waals surface area (Å²) in [6, 6.07) is 15.2. The van der Waals surface area contributed by atoms with Gasteiger partial charge in [-0.2, -0.15) is 0 Å². The first-order valence-electron chi connectivity index (χ1n) is 11.1. The minimum absolute atomic E-state index is 0.0228. The number of esters is 2. The maximum absolute atomic E-state index is 12.8. The van der Waals surface area contributed by atoms with E-state index in [9.17, 15) is 19.5 Å². The van der Waals surface area contributed by atoms with E-state index >= 15 is 0 Å². The lowest BCUT2D eigenvalue weighted by Gasteiger charge is -2.17. The van der Waals surface area contributed by atoms with Gasteiger partial charge in [0.05, 0.1) is 27.4 Å². The summed E-state index contributed by atoms with van der Waals surface area (Å²) in [4.78, 5) is 41.8. The van der Waals surface area contributed by atoms with Crippen LogP contribution in [0.25, 0.3) is 0 Å². The number of carboxylic acids is 1. The molecule has 3 rings (SSSR count). The number of aliphatic carboxylic acids is 1. The van der Waals surface area contributed by atoms with E-state index in [0.717, 1.165) is 0 Å². The molecule has 0 aliphatic heterocycles. The van der Waals surface area contributed by atoms with Gasteiger partial charge >= 0.3 is 17.9 Å². The third-order valence-electron chi connectivity index (χ3n) is 5.21. The van der Waals surface area contributed by atoms with Gasteiger partial charge in [-0.3, -0.25) is 4.99 Å². The Morgan fingerprint density at radius 3 is 2.24 bits per heavy atom. The highest BCUT2D eigenvalue weighted by Gasteiger charge is 2.30. The van der Waals surface area contributed by atoms with Crippen molar-refractivity contribution in [1.82, 2.24) is 0 Å². The Hall–Kier alpha value is -3.39. The Balaban J connectivity index is 2.19. The van der Waals surface area contributed by atoms with Gasteiger partial charge in [0.25, 0.3) is 0 Å². The maximum Gasteiger partial charge on any atom is 0.343 e. The van der Waals surface area contributed by atoms with Crippen LogP contribution >= 0.6 is 34.8 Å². The van der Waals surface area contributed by atoms with Crippen molar-refractivity contribution in [1.29, 1.82) is 0 Å². The third kappa shape index (κ3) is 7.32. The number of carbonyl (C=O) groups is 3. The summed E-state index contributed by atoms with van der Waals surface area (Å²) in [5.41, 5.74) is 0.719. The predicted molar refractivity (Wildman–Crippen MR) is 142 cm³/mol. The van der Waals surface area contributed by atoms with Gasteiger partial charge in [0, 0.05) is 16.1 Å². The van der Waals surface area contributed by atoms with Crippen LogP contribution in [0.1, 0.15) is 41.8 Å². The first-order chi connectivity index (χ1) is 17.6. The molecule has 0 bridgehead atoms. The average Bonchev–Trinajstić information content (AvgIpc) is 2.87. The van der Waals surface area contributed by atoms with Crippen LogP contribution in [-0.2, 0) is 14.3 Å². The summed E-state index contributed by atoms with van der Waals surface area (Å²) in [7, 11) is 0. The predicted octanol–water partition coefficient (Wildman–Crippen LogP) is 6.50. The molecule has 0 saturated heterocycles. The number of nitrogens with zero attached hydrogens (tertiary/aromatic N) is 1. The fourth-order valence-corrected chi connectivity index (χ4v) is 3.61. The zero-order chi connectivity index (χ0) is 27.1. The molecule has 0 heterocycles. The molecule has 0 radical (unpaired) electrons. The maximum atomic E-state index is 12.8. The molecule has 0 fully saturated rings. The first kappa shape index (κ1) is 28.2. The van der Waals surface area contributed by atoms with Gasteiger partial charge in [-0.15, -0.1) is 0 Å². The Labute approximate surface area is 228 Å². The number of aliphatic imine (C=N–C) groups is 1. The molecule has 7 nitrogen and oxygen atoms in total. The molecular formula is C27H22Cl3NO6. The summed E-state index contributed by atoms with van der Waals surface area (Å²) in [6.07, 6.45) is -0.0403. The summed E-state index contributed by atoms with van der Waals surface area (Å²) < 4.78 is 10.9. The zero-order valence-corrected chi connectivity index (χ0v) is 22.1. The number of carbonyl (C=O) groups excluding carboxylic acids is 2. The van der Waals surface area contributed by atoms with Crippen molar-refractivity contribution in [2.75, 3.05) is 0 Å². The Morgan fingerprint density at radius 2 is 1.62 bits per heavy atom. The van der Waals surface area contributed by atoms with Crippen molar-refractivity contribution >= 4 is 58.4 Å². The van der Waals surface area contributed by atoms with Crippen LogP contribution in [0.15, 0.2) is 71.7 Å². The van der Waals surface area contributed by atoms with Crippen LogP contribution < -0.4 is 4.74 Å². The molecule has 2 atom stereocenters. The summed E-state index contributed by atoms with van der Waals surface area (Å²) in [5.74, 6) is -3.22. The molecule has 3 aromatic carbocycles. The number of carboxylic acid groups (broad SMARTS) is 1. The monoisotopic (exact) mass is 561 g/mol. The van der Waals surface area contributed by atoms with Crippen LogP contribution in [0, 0.1) is 0 Å². The van der Waals surface area contributed by atoms with Crippen molar-refractivity contribution in [3.05, 3.63) is 98.5 Å². The quantitative estimate of drug-likeness (QED) is 0.138. The SMILES string of the molecule is CCC(C)OC(=O)C(N=C(c1ccc(Cl)c(Cl)c1)c1cc(Cl)ccc1OC(=O)c1ccccc1)C(=O)O. The Bertz CT molecular complexity index is 1340. The number of ether oxygens (including phenoxy) is 2. The second-order valence-electron chi connectivity index (χ2n) is 7.90. The van der Waals surface area contributed by atoms with Gasteiger partial charge in [-0.25, -0.2) is 14.4 Å². The molecule has 10 heteroatoms. The number of rotatable bonds is 9. The second kappa shape index (κ2) is 12.7. The van der Waals surface area contributed by atoms with Crippen LogP contribution in [0.3, 0.4) is 0 Å². The van der Waals surface area contributed by atoms with Gasteiger partial charge in [0.1, 0.15) is 5.75 Å². The van der Waals surface area contributed by atoms with Crippen LogP contribution in [0.5, 0.6) is 5.75 Å². The first-order valence-corrected chi connectivity index (χ1v) is 12.3. The molecule has 0 amide bonds. The highest BCUT2D eigenvalue weighted by atomic mass is 35.5. The lowest BCUT2D eigenvalue weighted by molar-refractivity contribution is -0.156. The minimum Gasteiger partial charge on any atom is -0.479 e. The number of hydrogen-bond donors (Lipinski definition) is 1. The second-order valence-corrected chi connectivity index (χ2v) is 9.15. The Kier molecular flexibility index (Phi) is 9.69. The lowest BCUT2D eigenvalue weighted by Crippen LogP contribution is -2.33. The van der Waals surface area contributed by atoms with Gasteiger partial charge in [0.15, 0.2) is 0 Å². The van der Waals surface area contributed by atoms with Gasteiger partial charge in [-0.1, -0.05) is 66.0 Å². The molecule has 0 saturated carbocycles. The Morgan fingerprint density at radius 1 is 0.919 bits per heavy atom. The standard InChI is InChI=1S/C27H22Cl3NO6/c1-3-15(2)36-27(35)24(25(32)33)31-23(17-9-11-20(29)21(30)13-17)19-14-18(28)10-12-22(19)37-26(34)16-7-5-4-6-8-16/h4-15,24H,3H2,1-2H3,(H,32,33). The topological polar surface area (TPSA) is 102 Å². The summed E-state index contributed by atoms with van der Waals surface area (Å²) in [5, 5.41) is 10.5. The molecular weight excluding hydrogens is 541 g/mol. The summed E-state index contributed by atoms with van der Waals surface area (Å²) in [6.45, 7) is 3.43. The van der Waals surface area contributed by atoms with Crippen LogP contribution in [0.2, 0.25) is 15.1 Å².